The Balaban J connectivity index is 1.49. The number of aromatic nitrogens is 2. The Labute approximate surface area is 168 Å². The molecule has 1 amide bonds. The highest BCUT2D eigenvalue weighted by molar-refractivity contribution is 9.10. The molecule has 0 saturated carbocycles. The van der Waals surface area contributed by atoms with Crippen molar-refractivity contribution in [3.8, 4) is 10.6 Å². The van der Waals surface area contributed by atoms with E-state index in [0.29, 0.717) is 12.4 Å². The van der Waals surface area contributed by atoms with Gasteiger partial charge in [-0.05, 0) is 60.8 Å². The van der Waals surface area contributed by atoms with Gasteiger partial charge >= 0.3 is 0 Å². The smallest absolute Gasteiger partial charge is 0.246 e. The van der Waals surface area contributed by atoms with Crippen LogP contribution in [0.2, 0.25) is 0 Å². The van der Waals surface area contributed by atoms with Crippen LogP contribution in [0.3, 0.4) is 0 Å². The second-order valence-electron chi connectivity index (χ2n) is 6.23. The second-order valence-corrected chi connectivity index (χ2v) is 7.83. The largest absolute Gasteiger partial charge is 0.374 e. The molecule has 0 spiro atoms. The van der Waals surface area contributed by atoms with Gasteiger partial charge in [0.05, 0.1) is 12.2 Å². The lowest BCUT2D eigenvalue weighted by molar-refractivity contribution is -0.116. The van der Waals surface area contributed by atoms with Crippen molar-refractivity contribution in [2.24, 2.45) is 0 Å². The molecule has 3 aromatic rings. The summed E-state index contributed by atoms with van der Waals surface area (Å²) < 4.78 is 19.3. The molecular formula is C19H16BrFN4OS. The van der Waals surface area contributed by atoms with Crippen LogP contribution < -0.4 is 10.2 Å². The lowest BCUT2D eigenvalue weighted by atomic mass is 10.2. The van der Waals surface area contributed by atoms with E-state index in [1.807, 2.05) is 25.1 Å². The molecule has 0 unspecified atom stereocenters. The molecule has 8 heteroatoms. The van der Waals surface area contributed by atoms with Crippen molar-refractivity contribution in [3.05, 3.63) is 58.1 Å². The fraction of sp³-hybridized carbons (Fsp3) is 0.211. The number of nitrogens with zero attached hydrogens (tertiary/aromatic N) is 3. The predicted molar refractivity (Wildman–Crippen MR) is 109 cm³/mol. The standard InChI is InChI=1S/C19H16BrFN4OS/c1-11-23-19(27-24-11)12-5-6-15(21)16(9-12)22-10-18(26)25-8-7-13-14(20)3-2-4-17(13)25/h2-6,9,22H,7-8,10H2,1H3. The molecule has 138 valence electrons. The van der Waals surface area contributed by atoms with E-state index >= 15 is 0 Å². The monoisotopic (exact) mass is 446 g/mol. The molecule has 0 fully saturated rings. The van der Waals surface area contributed by atoms with Gasteiger partial charge in [0.2, 0.25) is 5.91 Å². The average molecular weight is 447 g/mol. The van der Waals surface area contributed by atoms with Crippen molar-refractivity contribution in [1.29, 1.82) is 0 Å². The first kappa shape index (κ1) is 18.1. The van der Waals surface area contributed by atoms with E-state index in [9.17, 15) is 9.18 Å². The molecule has 2 heterocycles. The molecule has 1 N–H and O–H groups in total. The third-order valence-electron chi connectivity index (χ3n) is 4.44. The van der Waals surface area contributed by atoms with E-state index in [1.165, 1.54) is 17.6 Å². The van der Waals surface area contributed by atoms with Gasteiger partial charge in [-0.15, -0.1) is 0 Å². The topological polar surface area (TPSA) is 58.1 Å². The zero-order valence-electron chi connectivity index (χ0n) is 14.5. The van der Waals surface area contributed by atoms with Crippen LogP contribution in [0.25, 0.3) is 10.6 Å². The van der Waals surface area contributed by atoms with Crippen molar-refractivity contribution in [2.45, 2.75) is 13.3 Å². The zero-order chi connectivity index (χ0) is 19.0. The molecule has 27 heavy (non-hydrogen) atoms. The van der Waals surface area contributed by atoms with E-state index in [-0.39, 0.29) is 18.1 Å². The van der Waals surface area contributed by atoms with E-state index in [0.717, 1.165) is 32.7 Å². The Kier molecular flexibility index (Phi) is 4.92. The van der Waals surface area contributed by atoms with E-state index < -0.39 is 5.82 Å². The third-order valence-corrected chi connectivity index (χ3v) is 6.04. The van der Waals surface area contributed by atoms with E-state index in [2.05, 4.69) is 30.6 Å². The number of hydrogen-bond acceptors (Lipinski definition) is 5. The quantitative estimate of drug-likeness (QED) is 0.644. The van der Waals surface area contributed by atoms with Crippen LogP contribution in [-0.2, 0) is 11.2 Å². The molecule has 2 aromatic carbocycles. The number of anilines is 2. The highest BCUT2D eigenvalue weighted by Gasteiger charge is 2.25. The number of carbonyl (C=O) groups is 1. The van der Waals surface area contributed by atoms with Gasteiger partial charge in [-0.25, -0.2) is 9.37 Å². The van der Waals surface area contributed by atoms with E-state index in [4.69, 9.17) is 0 Å². The lowest BCUT2D eigenvalue weighted by Gasteiger charge is -2.18. The van der Waals surface area contributed by atoms with Crippen molar-refractivity contribution in [2.75, 3.05) is 23.3 Å². The van der Waals surface area contributed by atoms with Crippen molar-refractivity contribution < 1.29 is 9.18 Å². The minimum atomic E-state index is -0.405. The molecule has 0 aliphatic carbocycles. The first-order chi connectivity index (χ1) is 13.0. The summed E-state index contributed by atoms with van der Waals surface area (Å²) in [6, 6.07) is 10.5. The minimum absolute atomic E-state index is 0.0154. The molecule has 5 nitrogen and oxygen atoms in total. The van der Waals surface area contributed by atoms with Gasteiger partial charge < -0.3 is 10.2 Å². The molecule has 4 rings (SSSR count). The number of aryl methyl sites for hydroxylation is 1. The Bertz CT molecular complexity index is 1020. The second kappa shape index (κ2) is 7.36. The highest BCUT2D eigenvalue weighted by Crippen LogP contribution is 2.33. The summed E-state index contributed by atoms with van der Waals surface area (Å²) in [6.45, 7) is 2.46. The van der Waals surface area contributed by atoms with Crippen LogP contribution in [0.1, 0.15) is 11.4 Å². The normalized spacial score (nSPS) is 12.9. The molecule has 1 aliphatic rings. The zero-order valence-corrected chi connectivity index (χ0v) is 16.9. The SMILES string of the molecule is Cc1nsc(-c2ccc(F)c(NCC(=O)N3CCc4c(Br)cccc43)c2)n1. The summed E-state index contributed by atoms with van der Waals surface area (Å²) in [4.78, 5) is 18.7. The van der Waals surface area contributed by atoms with Crippen LogP contribution >= 0.6 is 27.5 Å². The maximum Gasteiger partial charge on any atom is 0.246 e. The number of nitrogens with one attached hydrogen (secondary N) is 1. The fourth-order valence-electron chi connectivity index (χ4n) is 3.13. The van der Waals surface area contributed by atoms with Gasteiger partial charge in [-0.3, -0.25) is 4.79 Å². The number of amides is 1. The summed E-state index contributed by atoms with van der Waals surface area (Å²) in [7, 11) is 0. The maximum absolute atomic E-state index is 14.2. The Hall–Kier alpha value is -2.32. The molecule has 0 bridgehead atoms. The van der Waals surface area contributed by atoms with Gasteiger partial charge in [0.15, 0.2) is 0 Å². The van der Waals surface area contributed by atoms with Gasteiger partial charge in [0.25, 0.3) is 0 Å². The van der Waals surface area contributed by atoms with Crippen molar-refractivity contribution >= 4 is 44.7 Å². The summed E-state index contributed by atoms with van der Waals surface area (Å²) in [5.41, 5.74) is 3.09. The minimum Gasteiger partial charge on any atom is -0.374 e. The molecule has 0 saturated heterocycles. The fourth-order valence-corrected chi connectivity index (χ4v) is 4.34. The van der Waals surface area contributed by atoms with Crippen LogP contribution in [0.4, 0.5) is 15.8 Å². The number of halogens is 2. The first-order valence-electron chi connectivity index (χ1n) is 8.45. The lowest BCUT2D eigenvalue weighted by Crippen LogP contribution is -2.34. The number of hydrogen-bond donors (Lipinski definition) is 1. The van der Waals surface area contributed by atoms with Gasteiger partial charge in [0.1, 0.15) is 16.6 Å². The van der Waals surface area contributed by atoms with Gasteiger partial charge in [-0.2, -0.15) is 4.37 Å². The number of rotatable bonds is 4. The average Bonchev–Trinajstić information content (AvgIpc) is 3.28. The summed E-state index contributed by atoms with van der Waals surface area (Å²) in [5, 5.41) is 3.65. The van der Waals surface area contributed by atoms with Crippen LogP contribution in [-0.4, -0.2) is 28.4 Å². The van der Waals surface area contributed by atoms with Crippen molar-refractivity contribution in [1.82, 2.24) is 9.36 Å². The van der Waals surface area contributed by atoms with Gasteiger partial charge in [0, 0.05) is 22.3 Å². The summed E-state index contributed by atoms with van der Waals surface area (Å²) in [6.07, 6.45) is 0.808. The van der Waals surface area contributed by atoms with E-state index in [1.54, 1.807) is 17.0 Å². The molecule has 0 atom stereocenters. The first-order valence-corrected chi connectivity index (χ1v) is 10.0. The predicted octanol–water partition coefficient (Wildman–Crippen LogP) is 4.42. The van der Waals surface area contributed by atoms with Crippen LogP contribution in [0, 0.1) is 12.7 Å². The Morgan fingerprint density at radius 2 is 2.22 bits per heavy atom. The maximum atomic E-state index is 14.2. The number of benzene rings is 2. The van der Waals surface area contributed by atoms with Crippen LogP contribution in [0.15, 0.2) is 40.9 Å². The molecule has 1 aliphatic heterocycles. The molecular weight excluding hydrogens is 431 g/mol. The third kappa shape index (κ3) is 3.59. The molecule has 1 aromatic heterocycles. The molecule has 0 radical (unpaired) electrons. The Morgan fingerprint density at radius 3 is 3.00 bits per heavy atom. The van der Waals surface area contributed by atoms with Gasteiger partial charge in [-0.1, -0.05) is 22.0 Å². The van der Waals surface area contributed by atoms with Crippen LogP contribution in [0.5, 0.6) is 0 Å². The highest BCUT2D eigenvalue weighted by atomic mass is 79.9. The number of fused-ring (bicyclic) bond motifs is 1. The van der Waals surface area contributed by atoms with Crippen molar-refractivity contribution in [3.63, 3.8) is 0 Å². The summed E-state index contributed by atoms with van der Waals surface area (Å²) in [5.74, 6) is 0.184. The number of carbonyl (C=O) groups excluding carboxylic acids is 1. The Morgan fingerprint density at radius 1 is 1.37 bits per heavy atom. The summed E-state index contributed by atoms with van der Waals surface area (Å²) >= 11 is 4.79.